The second kappa shape index (κ2) is 9.71. The second-order valence-corrected chi connectivity index (χ2v) is 10.3. The van der Waals surface area contributed by atoms with Crippen LogP contribution >= 0.6 is 0 Å². The van der Waals surface area contributed by atoms with Gasteiger partial charge in [-0.1, -0.05) is 97.4 Å². The first kappa shape index (κ1) is 23.1. The van der Waals surface area contributed by atoms with Crippen molar-refractivity contribution in [1.82, 2.24) is 0 Å². The van der Waals surface area contributed by atoms with E-state index in [1.54, 1.807) is 0 Å². The number of carbonyl (C=O) groups is 1. The Morgan fingerprint density at radius 2 is 1.47 bits per heavy atom. The first-order chi connectivity index (χ1) is 14.4. The minimum Gasteiger partial charge on any atom is -0.307 e. The molecule has 1 amide bonds. The Kier molecular flexibility index (Phi) is 7.47. The highest BCUT2D eigenvalue weighted by Crippen LogP contribution is 2.51. The van der Waals surface area contributed by atoms with Crippen molar-refractivity contribution in [2.75, 3.05) is 11.4 Å². The fourth-order valence-electron chi connectivity index (χ4n) is 5.95. The molecule has 0 aromatic heterocycles. The lowest BCUT2D eigenvalue weighted by Crippen LogP contribution is -2.50. The molecule has 166 valence electrons. The van der Waals surface area contributed by atoms with Crippen LogP contribution in [0.4, 0.5) is 5.69 Å². The summed E-state index contributed by atoms with van der Waals surface area (Å²) < 4.78 is 0. The molecule has 1 aliphatic heterocycles. The summed E-state index contributed by atoms with van der Waals surface area (Å²) in [6.45, 7) is 14.4. The fourth-order valence-corrected chi connectivity index (χ4v) is 5.95. The van der Waals surface area contributed by atoms with Gasteiger partial charge in [0, 0.05) is 17.5 Å². The molecule has 0 N–H and O–H groups in total. The van der Waals surface area contributed by atoms with Gasteiger partial charge in [0.1, 0.15) is 0 Å². The molecule has 0 bridgehead atoms. The van der Waals surface area contributed by atoms with Crippen molar-refractivity contribution in [3.05, 3.63) is 40.5 Å². The highest BCUT2D eigenvalue weighted by atomic mass is 16.2. The van der Waals surface area contributed by atoms with Gasteiger partial charge in [0.15, 0.2) is 0 Å². The van der Waals surface area contributed by atoms with E-state index in [1.165, 1.54) is 54.5 Å². The second-order valence-electron chi connectivity index (χ2n) is 10.3. The molecule has 30 heavy (non-hydrogen) atoms. The van der Waals surface area contributed by atoms with Gasteiger partial charge in [0.25, 0.3) is 5.91 Å². The lowest BCUT2D eigenvalue weighted by Gasteiger charge is -2.49. The minimum absolute atomic E-state index is 0.199. The Labute approximate surface area is 185 Å². The van der Waals surface area contributed by atoms with Crippen LogP contribution in [0.2, 0.25) is 0 Å². The number of para-hydroxylation sites is 1. The van der Waals surface area contributed by atoms with Gasteiger partial charge in [0.2, 0.25) is 0 Å². The maximum absolute atomic E-state index is 14.0. The van der Waals surface area contributed by atoms with Gasteiger partial charge in [-0.25, -0.2) is 0 Å². The summed E-state index contributed by atoms with van der Waals surface area (Å²) in [5, 5.41) is 0. The van der Waals surface area contributed by atoms with Crippen molar-refractivity contribution in [3.63, 3.8) is 0 Å². The number of anilines is 1. The topological polar surface area (TPSA) is 20.3 Å². The number of hydrogen-bond donors (Lipinski definition) is 0. The quantitative estimate of drug-likeness (QED) is 0.445. The van der Waals surface area contributed by atoms with Gasteiger partial charge in [0.05, 0.1) is 5.69 Å². The van der Waals surface area contributed by atoms with Gasteiger partial charge < -0.3 is 4.90 Å². The molecule has 0 unspecified atom stereocenters. The zero-order valence-electron chi connectivity index (χ0n) is 20.3. The lowest BCUT2D eigenvalue weighted by molar-refractivity contribution is -0.116. The van der Waals surface area contributed by atoms with Crippen LogP contribution in [0.3, 0.4) is 0 Å². The third-order valence-electron chi connectivity index (χ3n) is 7.39. The van der Waals surface area contributed by atoms with Crippen molar-refractivity contribution in [2.45, 2.75) is 111 Å². The molecule has 1 aromatic rings. The van der Waals surface area contributed by atoms with E-state index in [9.17, 15) is 4.79 Å². The molecular formula is C28H43NO. The number of nitrogens with zero attached hydrogens (tertiary/aromatic N) is 1. The average molecular weight is 410 g/mol. The molecule has 1 aliphatic carbocycles. The number of benzene rings is 1. The highest BCUT2D eigenvalue weighted by Gasteiger charge is 2.45. The predicted molar refractivity (Wildman–Crippen MR) is 129 cm³/mol. The summed E-state index contributed by atoms with van der Waals surface area (Å²) in [6.07, 6.45) is 10.6. The van der Waals surface area contributed by atoms with Gasteiger partial charge in [-0.2, -0.15) is 0 Å². The first-order valence-electron chi connectivity index (χ1n) is 12.5. The average Bonchev–Trinajstić information content (AvgIpc) is 2.73. The lowest BCUT2D eigenvalue weighted by atomic mass is 9.64. The smallest absolute Gasteiger partial charge is 0.254 e. The van der Waals surface area contributed by atoms with Gasteiger partial charge in [-0.15, -0.1) is 0 Å². The van der Waals surface area contributed by atoms with Crippen LogP contribution in [0, 0.1) is 5.41 Å². The normalized spacial score (nSPS) is 19.5. The van der Waals surface area contributed by atoms with Crippen molar-refractivity contribution in [3.8, 4) is 0 Å². The highest BCUT2D eigenvalue weighted by molar-refractivity contribution is 6.08. The summed E-state index contributed by atoms with van der Waals surface area (Å²) >= 11 is 0. The van der Waals surface area contributed by atoms with E-state index in [2.05, 4.69) is 64.6 Å². The van der Waals surface area contributed by atoms with Crippen LogP contribution in [0.1, 0.15) is 122 Å². The van der Waals surface area contributed by atoms with E-state index in [0.29, 0.717) is 17.7 Å². The van der Waals surface area contributed by atoms with E-state index in [0.717, 1.165) is 37.8 Å². The van der Waals surface area contributed by atoms with Crippen LogP contribution in [0.25, 0.3) is 0 Å². The third-order valence-corrected chi connectivity index (χ3v) is 7.39. The zero-order valence-corrected chi connectivity index (χ0v) is 20.3. The Balaban J connectivity index is 2.22. The van der Waals surface area contributed by atoms with E-state index >= 15 is 0 Å². The predicted octanol–water partition coefficient (Wildman–Crippen LogP) is 8.13. The summed E-state index contributed by atoms with van der Waals surface area (Å²) in [5.41, 5.74) is 6.76. The molecule has 0 radical (unpaired) electrons. The molecule has 2 nitrogen and oxygen atoms in total. The van der Waals surface area contributed by atoms with Crippen LogP contribution < -0.4 is 4.90 Å². The molecule has 1 fully saturated rings. The minimum atomic E-state index is 0.199. The zero-order chi connectivity index (χ0) is 21.9. The maximum Gasteiger partial charge on any atom is 0.254 e. The van der Waals surface area contributed by atoms with Crippen LogP contribution in [0.5, 0.6) is 0 Å². The number of hydrogen-bond acceptors (Lipinski definition) is 1. The van der Waals surface area contributed by atoms with E-state index in [-0.39, 0.29) is 5.41 Å². The summed E-state index contributed by atoms with van der Waals surface area (Å²) in [4.78, 5) is 16.3. The molecular weight excluding hydrogens is 366 g/mol. The maximum atomic E-state index is 14.0. The number of amides is 1. The van der Waals surface area contributed by atoms with E-state index in [1.807, 2.05) is 0 Å². The monoisotopic (exact) mass is 409 g/mol. The van der Waals surface area contributed by atoms with E-state index in [4.69, 9.17) is 0 Å². The number of carbonyl (C=O) groups excluding carboxylic acids is 1. The van der Waals surface area contributed by atoms with Crippen LogP contribution in [0.15, 0.2) is 29.3 Å². The summed E-state index contributed by atoms with van der Waals surface area (Å²) in [5.74, 6) is 1.11. The summed E-state index contributed by atoms with van der Waals surface area (Å²) in [7, 11) is 0. The Morgan fingerprint density at radius 3 is 1.97 bits per heavy atom. The molecule has 1 aromatic carbocycles. The Hall–Kier alpha value is -1.57. The van der Waals surface area contributed by atoms with Gasteiger partial charge in [-0.05, 0) is 48.6 Å². The van der Waals surface area contributed by atoms with Crippen molar-refractivity contribution >= 4 is 11.6 Å². The van der Waals surface area contributed by atoms with Crippen molar-refractivity contribution in [2.24, 2.45) is 5.41 Å². The molecule has 1 heterocycles. The summed E-state index contributed by atoms with van der Waals surface area (Å²) in [6, 6.07) is 6.68. The van der Waals surface area contributed by atoms with Gasteiger partial charge >= 0.3 is 0 Å². The first-order valence-corrected chi connectivity index (χ1v) is 12.5. The van der Waals surface area contributed by atoms with Gasteiger partial charge in [-0.3, -0.25) is 4.79 Å². The largest absolute Gasteiger partial charge is 0.307 e. The van der Waals surface area contributed by atoms with Crippen molar-refractivity contribution in [1.29, 1.82) is 0 Å². The van der Waals surface area contributed by atoms with Crippen LogP contribution in [-0.4, -0.2) is 12.5 Å². The Bertz CT molecular complexity index is 754. The Morgan fingerprint density at radius 1 is 0.900 bits per heavy atom. The third kappa shape index (κ3) is 4.25. The molecule has 0 saturated heterocycles. The molecule has 1 spiro atoms. The molecule has 3 rings (SSSR count). The molecule has 1 saturated carbocycles. The molecule has 2 heteroatoms. The molecule has 0 atom stereocenters. The van der Waals surface area contributed by atoms with E-state index < -0.39 is 0 Å². The SMILES string of the molecule is CCCC1=C(CCC)C2(CCCCC2)CN(c2c(C(C)C)cccc2C(C)C)C1=O. The molecule has 2 aliphatic rings. The van der Waals surface area contributed by atoms with Crippen molar-refractivity contribution < 1.29 is 4.79 Å². The van der Waals surface area contributed by atoms with Crippen LogP contribution in [-0.2, 0) is 4.79 Å². The fraction of sp³-hybridized carbons (Fsp3) is 0.679. The number of rotatable bonds is 7. The standard InChI is InChI=1S/C28H43NO/c1-7-13-24-25(14-8-2)28(17-10-9-11-18-28)19-29(27(24)30)26-22(20(3)4)15-12-16-23(26)21(5)6/h12,15-16,20-21H,7-11,13-14,17-19H2,1-6H3.